The molecule has 0 heterocycles. The summed E-state index contributed by atoms with van der Waals surface area (Å²) in [5.41, 5.74) is 10.9. The van der Waals surface area contributed by atoms with E-state index in [0.717, 1.165) is 11.3 Å². The maximum absolute atomic E-state index is 11.6. The van der Waals surface area contributed by atoms with E-state index in [1.165, 1.54) is 6.08 Å². The first-order valence-electron chi connectivity index (χ1n) is 5.50. The Morgan fingerprint density at radius 2 is 1.90 bits per heavy atom. The molecule has 0 radical (unpaired) electrons. The number of hydrazine groups is 1. The van der Waals surface area contributed by atoms with Crippen LogP contribution in [0.15, 0.2) is 30.3 Å². The first-order chi connectivity index (χ1) is 9.51. The maximum Gasteiger partial charge on any atom is 0.250 e. The van der Waals surface area contributed by atoms with Crippen molar-refractivity contribution in [2.24, 2.45) is 5.73 Å². The molecule has 0 saturated heterocycles. The molecule has 0 unspecified atom stereocenters. The zero-order valence-electron chi connectivity index (χ0n) is 10.7. The smallest absolute Gasteiger partial charge is 0.250 e. The molecule has 0 saturated carbocycles. The summed E-state index contributed by atoms with van der Waals surface area (Å²) in [6.45, 7) is 0. The van der Waals surface area contributed by atoms with Gasteiger partial charge in [-0.05, 0) is 48.2 Å². The van der Waals surface area contributed by atoms with Crippen molar-refractivity contribution in [3.63, 3.8) is 0 Å². The summed E-state index contributed by atoms with van der Waals surface area (Å²) in [5.74, 6) is 0.379. The number of ether oxygens (including phenoxy) is 1. The Morgan fingerprint density at radius 3 is 2.45 bits per heavy atom. The van der Waals surface area contributed by atoms with Crippen molar-refractivity contribution >= 4 is 46.6 Å². The second kappa shape index (κ2) is 8.08. The van der Waals surface area contributed by atoms with E-state index < -0.39 is 0 Å². The minimum absolute atomic E-state index is 0.0235. The molecule has 0 fully saturated rings. The van der Waals surface area contributed by atoms with Crippen molar-refractivity contribution in [2.45, 2.75) is 0 Å². The van der Waals surface area contributed by atoms with E-state index in [2.05, 4.69) is 28.4 Å². The van der Waals surface area contributed by atoms with E-state index in [4.69, 9.17) is 22.7 Å². The van der Waals surface area contributed by atoms with Crippen molar-refractivity contribution in [3.05, 3.63) is 35.9 Å². The number of benzene rings is 1. The normalized spacial score (nSPS) is 9.85. The van der Waals surface area contributed by atoms with Crippen LogP contribution in [-0.4, -0.2) is 23.2 Å². The topological polar surface area (TPSA) is 88.4 Å². The van der Waals surface area contributed by atoms with Crippen LogP contribution in [0, 0.1) is 0 Å². The predicted molar refractivity (Wildman–Crippen MR) is 85.8 cm³/mol. The van der Waals surface area contributed by atoms with Crippen molar-refractivity contribution in [2.75, 3.05) is 7.11 Å². The molecule has 0 bridgehead atoms. The molecule has 1 aromatic carbocycles. The Balaban J connectivity index is 2.46. The van der Waals surface area contributed by atoms with E-state index in [-0.39, 0.29) is 16.1 Å². The van der Waals surface area contributed by atoms with Crippen LogP contribution in [0.5, 0.6) is 5.75 Å². The highest BCUT2D eigenvalue weighted by atomic mass is 32.1. The standard InChI is InChI=1S/C12H14N4O2S2/c1-18-9-5-2-8(3-6-9)4-7-10(17)14-12(20)16-15-11(13)19/h2-7H,1H3,(H3,13,15,19)(H2,14,16,17,20). The van der Waals surface area contributed by atoms with Gasteiger partial charge in [-0.1, -0.05) is 12.1 Å². The lowest BCUT2D eigenvalue weighted by Crippen LogP contribution is -2.49. The van der Waals surface area contributed by atoms with Crippen molar-refractivity contribution in [1.82, 2.24) is 16.2 Å². The number of nitrogens with two attached hydrogens (primary N) is 1. The number of amides is 1. The number of rotatable bonds is 3. The SMILES string of the molecule is COc1ccc(C=CC(=O)NC(=S)NNC(N)=S)cc1. The fraction of sp³-hybridized carbons (Fsp3) is 0.0833. The summed E-state index contributed by atoms with van der Waals surface area (Å²) in [6.07, 6.45) is 3.01. The van der Waals surface area contributed by atoms with Gasteiger partial charge in [0.15, 0.2) is 10.2 Å². The molecule has 20 heavy (non-hydrogen) atoms. The van der Waals surface area contributed by atoms with Crippen LogP contribution in [0.2, 0.25) is 0 Å². The predicted octanol–water partition coefficient (Wildman–Crippen LogP) is 0.447. The van der Waals surface area contributed by atoms with Crippen LogP contribution in [0.1, 0.15) is 5.56 Å². The lowest BCUT2D eigenvalue weighted by Gasteiger charge is -2.08. The molecule has 0 aliphatic carbocycles. The van der Waals surface area contributed by atoms with Crippen molar-refractivity contribution < 1.29 is 9.53 Å². The van der Waals surface area contributed by atoms with Crippen LogP contribution >= 0.6 is 24.4 Å². The summed E-state index contributed by atoms with van der Waals surface area (Å²) in [5, 5.41) is 2.52. The summed E-state index contributed by atoms with van der Waals surface area (Å²) in [6, 6.07) is 7.26. The Morgan fingerprint density at radius 1 is 1.25 bits per heavy atom. The fourth-order valence-corrected chi connectivity index (χ4v) is 1.39. The van der Waals surface area contributed by atoms with E-state index >= 15 is 0 Å². The lowest BCUT2D eigenvalue weighted by atomic mass is 10.2. The van der Waals surface area contributed by atoms with Crippen molar-refractivity contribution in [1.29, 1.82) is 0 Å². The van der Waals surface area contributed by atoms with Crippen LogP contribution in [0.3, 0.4) is 0 Å². The minimum atomic E-state index is -0.372. The van der Waals surface area contributed by atoms with E-state index in [1.54, 1.807) is 25.3 Å². The monoisotopic (exact) mass is 310 g/mol. The number of carbonyl (C=O) groups excluding carboxylic acids is 1. The van der Waals surface area contributed by atoms with Crippen LogP contribution in [-0.2, 0) is 4.79 Å². The van der Waals surface area contributed by atoms with Gasteiger partial charge >= 0.3 is 0 Å². The largest absolute Gasteiger partial charge is 0.497 e. The van der Waals surface area contributed by atoms with Crippen LogP contribution in [0.4, 0.5) is 0 Å². The van der Waals surface area contributed by atoms with E-state index in [0.29, 0.717) is 0 Å². The fourth-order valence-electron chi connectivity index (χ4n) is 1.19. The van der Waals surface area contributed by atoms with Gasteiger partial charge in [0.2, 0.25) is 5.91 Å². The van der Waals surface area contributed by atoms with Gasteiger partial charge in [-0.25, -0.2) is 0 Å². The third-order valence-electron chi connectivity index (χ3n) is 2.08. The minimum Gasteiger partial charge on any atom is -0.497 e. The van der Waals surface area contributed by atoms with Gasteiger partial charge < -0.3 is 10.5 Å². The molecule has 1 amide bonds. The highest BCUT2D eigenvalue weighted by Gasteiger charge is 2.00. The Kier molecular flexibility index (Phi) is 6.41. The third-order valence-corrected chi connectivity index (χ3v) is 2.39. The van der Waals surface area contributed by atoms with Gasteiger partial charge in [-0.15, -0.1) is 0 Å². The Hall–Kier alpha value is -2.19. The molecule has 5 N–H and O–H groups in total. The summed E-state index contributed by atoms with van der Waals surface area (Å²) in [4.78, 5) is 11.6. The van der Waals surface area contributed by atoms with E-state index in [9.17, 15) is 4.79 Å². The number of thiocarbonyl (C=S) groups is 2. The van der Waals surface area contributed by atoms with Gasteiger partial charge in [-0.2, -0.15) is 0 Å². The third kappa shape index (κ3) is 6.12. The average molecular weight is 310 g/mol. The molecule has 0 aliphatic rings. The summed E-state index contributed by atoms with van der Waals surface area (Å²) >= 11 is 9.41. The lowest BCUT2D eigenvalue weighted by molar-refractivity contribution is -0.115. The van der Waals surface area contributed by atoms with Gasteiger partial charge in [0.05, 0.1) is 7.11 Å². The van der Waals surface area contributed by atoms with Gasteiger partial charge in [-0.3, -0.25) is 21.0 Å². The molecule has 8 heteroatoms. The van der Waals surface area contributed by atoms with Crippen LogP contribution < -0.4 is 26.6 Å². The van der Waals surface area contributed by atoms with Gasteiger partial charge in [0.25, 0.3) is 0 Å². The first kappa shape index (κ1) is 15.9. The summed E-state index contributed by atoms with van der Waals surface area (Å²) in [7, 11) is 1.59. The molecule has 0 spiro atoms. The van der Waals surface area contributed by atoms with Gasteiger partial charge in [0.1, 0.15) is 5.75 Å². The second-order valence-corrected chi connectivity index (χ2v) is 4.39. The summed E-state index contributed by atoms with van der Waals surface area (Å²) < 4.78 is 5.04. The highest BCUT2D eigenvalue weighted by Crippen LogP contribution is 2.11. The number of nitrogens with one attached hydrogen (secondary N) is 3. The van der Waals surface area contributed by atoms with Crippen LogP contribution in [0.25, 0.3) is 6.08 Å². The maximum atomic E-state index is 11.6. The highest BCUT2D eigenvalue weighted by molar-refractivity contribution is 7.80. The van der Waals surface area contributed by atoms with E-state index in [1.807, 2.05) is 12.1 Å². The molecule has 0 atom stereocenters. The Bertz CT molecular complexity index is 529. The number of hydrogen-bond donors (Lipinski definition) is 4. The Labute approximate surface area is 127 Å². The molecule has 0 aliphatic heterocycles. The molecule has 1 aromatic rings. The average Bonchev–Trinajstić information content (AvgIpc) is 2.43. The molecule has 1 rings (SSSR count). The number of methoxy groups -OCH3 is 1. The molecule has 6 nitrogen and oxygen atoms in total. The quantitative estimate of drug-likeness (QED) is 0.366. The number of carbonyl (C=O) groups is 1. The second-order valence-electron chi connectivity index (χ2n) is 3.54. The molecule has 106 valence electrons. The molecular weight excluding hydrogens is 296 g/mol. The van der Waals surface area contributed by atoms with Gasteiger partial charge in [0, 0.05) is 6.08 Å². The zero-order valence-corrected chi connectivity index (χ0v) is 12.3. The van der Waals surface area contributed by atoms with Crippen molar-refractivity contribution in [3.8, 4) is 5.75 Å². The zero-order chi connectivity index (χ0) is 15.0. The molecule has 0 aromatic heterocycles. The number of hydrogen-bond acceptors (Lipinski definition) is 4. The first-order valence-corrected chi connectivity index (χ1v) is 6.31. The molecular formula is C12H14N4O2S2.